The zero-order chi connectivity index (χ0) is 18.8. The number of carbonyl (C=O) groups excluding carboxylic acids is 2. The molecule has 1 N–H and O–H groups in total. The Bertz CT molecular complexity index is 686. The number of hydrogen-bond acceptors (Lipinski definition) is 5. The number of carboxylic acid groups (broad SMARTS) is 1. The smallest absolute Gasteiger partial charge is 0.411 e. The van der Waals surface area contributed by atoms with Crippen molar-refractivity contribution in [2.24, 2.45) is 0 Å². The number of ether oxygens (including phenoxy) is 1. The van der Waals surface area contributed by atoms with Crippen molar-refractivity contribution in [3.63, 3.8) is 0 Å². The molecule has 136 valence electrons. The summed E-state index contributed by atoms with van der Waals surface area (Å²) >= 11 is 3.41. The van der Waals surface area contributed by atoms with Crippen LogP contribution in [0.1, 0.15) is 31.1 Å². The van der Waals surface area contributed by atoms with Gasteiger partial charge in [-0.3, -0.25) is 9.69 Å². The highest BCUT2D eigenvalue weighted by atomic mass is 79.9. The lowest BCUT2D eigenvalue weighted by Gasteiger charge is -2.41. The predicted molar refractivity (Wildman–Crippen MR) is 96.1 cm³/mol. The molecule has 1 atom stereocenters. The zero-order valence-electron chi connectivity index (χ0n) is 14.4. The first-order valence-corrected chi connectivity index (χ1v) is 8.64. The van der Waals surface area contributed by atoms with Crippen LogP contribution in [0.2, 0.25) is 0 Å². The molecule has 1 fully saturated rings. The molecule has 1 aromatic carbocycles. The molecule has 1 aliphatic heterocycles. The van der Waals surface area contributed by atoms with Crippen LogP contribution in [0.15, 0.2) is 22.7 Å². The maximum atomic E-state index is 12.3. The molecule has 0 aromatic heterocycles. The molecule has 25 heavy (non-hydrogen) atoms. The second-order valence-electron chi connectivity index (χ2n) is 6.77. The van der Waals surface area contributed by atoms with Crippen molar-refractivity contribution in [3.8, 4) is 0 Å². The number of halogens is 1. The SMILES string of the molecule is CC(C)(C)OC(=O)N1CCN(c2c(Br)cccc2C=O)C[C@H]1C(=O)O. The number of anilines is 1. The summed E-state index contributed by atoms with van der Waals surface area (Å²) in [6.07, 6.45) is 0.0816. The first-order valence-electron chi connectivity index (χ1n) is 7.85. The summed E-state index contributed by atoms with van der Waals surface area (Å²) < 4.78 is 6.01. The average molecular weight is 413 g/mol. The number of hydrogen-bond donors (Lipinski definition) is 1. The minimum Gasteiger partial charge on any atom is -0.480 e. The fraction of sp³-hybridized carbons (Fsp3) is 0.471. The normalized spacial score (nSPS) is 18.0. The number of carboxylic acids is 1. The highest BCUT2D eigenvalue weighted by molar-refractivity contribution is 9.10. The first-order chi connectivity index (χ1) is 11.6. The molecular weight excluding hydrogens is 392 g/mol. The molecule has 1 amide bonds. The molecule has 0 saturated carbocycles. The van der Waals surface area contributed by atoms with Crippen LogP contribution in [-0.2, 0) is 9.53 Å². The van der Waals surface area contributed by atoms with Gasteiger partial charge in [0.15, 0.2) is 6.29 Å². The molecule has 1 saturated heterocycles. The largest absolute Gasteiger partial charge is 0.480 e. The van der Waals surface area contributed by atoms with E-state index < -0.39 is 23.7 Å². The van der Waals surface area contributed by atoms with E-state index in [9.17, 15) is 19.5 Å². The minimum atomic E-state index is -1.12. The van der Waals surface area contributed by atoms with E-state index >= 15 is 0 Å². The Morgan fingerprint density at radius 1 is 1.32 bits per heavy atom. The van der Waals surface area contributed by atoms with Gasteiger partial charge in [0, 0.05) is 29.7 Å². The van der Waals surface area contributed by atoms with Crippen molar-refractivity contribution in [2.75, 3.05) is 24.5 Å². The lowest BCUT2D eigenvalue weighted by Crippen LogP contribution is -2.59. The standard InChI is InChI=1S/C17H21BrN2O5/c1-17(2,3)25-16(24)20-8-7-19(9-13(20)15(22)23)14-11(10-21)5-4-6-12(14)18/h4-6,10,13H,7-9H2,1-3H3,(H,22,23)/t13-/m0/s1. The number of aliphatic carboxylic acids is 1. The Labute approximate surface area is 154 Å². The fourth-order valence-electron chi connectivity index (χ4n) is 2.70. The molecule has 7 nitrogen and oxygen atoms in total. The van der Waals surface area contributed by atoms with Gasteiger partial charge in [-0.1, -0.05) is 6.07 Å². The molecule has 0 aliphatic carbocycles. The van der Waals surface area contributed by atoms with Crippen LogP contribution >= 0.6 is 15.9 Å². The topological polar surface area (TPSA) is 87.2 Å². The lowest BCUT2D eigenvalue weighted by molar-refractivity contribution is -0.143. The second-order valence-corrected chi connectivity index (χ2v) is 7.62. The summed E-state index contributed by atoms with van der Waals surface area (Å²) in [5.41, 5.74) is 0.390. The van der Waals surface area contributed by atoms with E-state index in [0.717, 1.165) is 6.29 Å². The highest BCUT2D eigenvalue weighted by Gasteiger charge is 2.38. The van der Waals surface area contributed by atoms with Gasteiger partial charge in [-0.2, -0.15) is 0 Å². The minimum absolute atomic E-state index is 0.0675. The molecule has 2 rings (SSSR count). The molecule has 0 spiro atoms. The monoisotopic (exact) mass is 412 g/mol. The molecule has 8 heteroatoms. The number of para-hydroxylation sites is 1. The number of nitrogens with zero attached hydrogens (tertiary/aromatic N) is 2. The quantitative estimate of drug-likeness (QED) is 0.767. The third-order valence-electron chi connectivity index (χ3n) is 3.75. The van der Waals surface area contributed by atoms with Gasteiger partial charge in [0.05, 0.1) is 5.69 Å². The van der Waals surface area contributed by atoms with E-state index in [0.29, 0.717) is 22.3 Å². The molecule has 0 unspecified atom stereocenters. The van der Waals surface area contributed by atoms with E-state index in [1.54, 1.807) is 43.9 Å². The van der Waals surface area contributed by atoms with Gasteiger partial charge in [-0.15, -0.1) is 0 Å². The van der Waals surface area contributed by atoms with Crippen molar-refractivity contribution in [1.82, 2.24) is 4.90 Å². The molecule has 0 bridgehead atoms. The summed E-state index contributed by atoms with van der Waals surface area (Å²) in [6.45, 7) is 5.84. The Balaban J connectivity index is 2.27. The summed E-state index contributed by atoms with van der Waals surface area (Å²) in [6, 6.07) is 4.14. The second kappa shape index (κ2) is 7.43. The van der Waals surface area contributed by atoms with Crippen molar-refractivity contribution in [2.45, 2.75) is 32.4 Å². The number of amides is 1. The summed E-state index contributed by atoms with van der Waals surface area (Å²) in [5, 5.41) is 9.56. The summed E-state index contributed by atoms with van der Waals surface area (Å²) in [4.78, 5) is 38.4. The first kappa shape index (κ1) is 19.2. The van der Waals surface area contributed by atoms with E-state index in [1.807, 2.05) is 0 Å². The van der Waals surface area contributed by atoms with Crippen LogP contribution < -0.4 is 4.90 Å². The number of carbonyl (C=O) groups is 3. The predicted octanol–water partition coefficient (Wildman–Crippen LogP) is 2.77. The van der Waals surface area contributed by atoms with E-state index in [-0.39, 0.29) is 13.1 Å². The van der Waals surface area contributed by atoms with Crippen LogP contribution in [0, 0.1) is 0 Å². The third-order valence-corrected chi connectivity index (χ3v) is 4.39. The Hall–Kier alpha value is -2.09. The molecular formula is C17H21BrN2O5. The van der Waals surface area contributed by atoms with E-state index in [4.69, 9.17) is 4.74 Å². The lowest BCUT2D eigenvalue weighted by atomic mass is 10.1. The Kier molecular flexibility index (Phi) is 5.72. The zero-order valence-corrected chi connectivity index (χ0v) is 15.9. The molecule has 1 aromatic rings. The fourth-order valence-corrected chi connectivity index (χ4v) is 3.33. The number of rotatable bonds is 3. The summed E-state index contributed by atoms with van der Waals surface area (Å²) in [7, 11) is 0. The third kappa shape index (κ3) is 4.50. The number of piperazine rings is 1. The molecule has 0 radical (unpaired) electrons. The van der Waals surface area contributed by atoms with E-state index in [2.05, 4.69) is 15.9 Å². The highest BCUT2D eigenvalue weighted by Crippen LogP contribution is 2.31. The maximum Gasteiger partial charge on any atom is 0.411 e. The van der Waals surface area contributed by atoms with Gasteiger partial charge in [0.2, 0.25) is 0 Å². The number of aldehydes is 1. The van der Waals surface area contributed by atoms with Crippen molar-refractivity contribution in [3.05, 3.63) is 28.2 Å². The Morgan fingerprint density at radius 2 is 2.00 bits per heavy atom. The van der Waals surface area contributed by atoms with Crippen molar-refractivity contribution < 1.29 is 24.2 Å². The molecule has 1 heterocycles. The molecule has 1 aliphatic rings. The van der Waals surface area contributed by atoms with Gasteiger partial charge >= 0.3 is 12.1 Å². The van der Waals surface area contributed by atoms with Crippen LogP contribution in [0.25, 0.3) is 0 Å². The van der Waals surface area contributed by atoms with Crippen LogP contribution in [0.3, 0.4) is 0 Å². The van der Waals surface area contributed by atoms with Gasteiger partial charge < -0.3 is 14.7 Å². The van der Waals surface area contributed by atoms with Crippen molar-refractivity contribution >= 4 is 40.0 Å². The number of benzene rings is 1. The van der Waals surface area contributed by atoms with Gasteiger partial charge in [0.25, 0.3) is 0 Å². The summed E-state index contributed by atoms with van der Waals surface area (Å²) in [5.74, 6) is -1.12. The van der Waals surface area contributed by atoms with Crippen LogP contribution in [0.4, 0.5) is 10.5 Å². The van der Waals surface area contributed by atoms with Crippen molar-refractivity contribution in [1.29, 1.82) is 0 Å². The van der Waals surface area contributed by atoms with Gasteiger partial charge in [-0.05, 0) is 48.8 Å². The van der Waals surface area contributed by atoms with Gasteiger partial charge in [0.1, 0.15) is 11.6 Å². The van der Waals surface area contributed by atoms with E-state index in [1.165, 1.54) is 4.90 Å². The maximum absolute atomic E-state index is 12.3. The van der Waals surface area contributed by atoms with Crippen LogP contribution in [0.5, 0.6) is 0 Å². The van der Waals surface area contributed by atoms with Crippen LogP contribution in [-0.4, -0.2) is 59.6 Å². The Morgan fingerprint density at radius 3 is 2.56 bits per heavy atom. The van der Waals surface area contributed by atoms with Gasteiger partial charge in [-0.25, -0.2) is 9.59 Å². The average Bonchev–Trinajstić information content (AvgIpc) is 2.52.